The molecule has 0 saturated carbocycles. The lowest BCUT2D eigenvalue weighted by Crippen LogP contribution is -2.22. The third-order valence-corrected chi connectivity index (χ3v) is 4.74. The molecule has 0 aromatic heterocycles. The Balaban J connectivity index is 0.000000231. The van der Waals surface area contributed by atoms with Gasteiger partial charge < -0.3 is 20.5 Å². The summed E-state index contributed by atoms with van der Waals surface area (Å²) in [6, 6.07) is 22.5. The first-order valence-electron chi connectivity index (χ1n) is 10.4. The van der Waals surface area contributed by atoms with Gasteiger partial charge in [-0.3, -0.25) is 10.1 Å². The van der Waals surface area contributed by atoms with Crippen LogP contribution < -0.4 is 16.0 Å². The van der Waals surface area contributed by atoms with E-state index in [0.29, 0.717) is 18.7 Å². The lowest BCUT2D eigenvalue weighted by atomic mass is 10.0. The van der Waals surface area contributed by atoms with Crippen molar-refractivity contribution in [3.05, 3.63) is 89.5 Å². The number of hydrogen-bond acceptors (Lipinski definition) is 4. The van der Waals surface area contributed by atoms with E-state index in [1.54, 1.807) is 6.07 Å². The smallest absolute Gasteiger partial charge is 0.411 e. The SMILES string of the molecule is CCNC(=O)c1cccc(-c2ccc(CNC(=O)O)cc2)c1.O=C1Nc2cccc(c2)CO1. The zero-order chi connectivity index (χ0) is 23.6. The fraction of sp³-hybridized carbons (Fsp3) is 0.160. The van der Waals surface area contributed by atoms with Gasteiger partial charge in [-0.1, -0.05) is 48.5 Å². The van der Waals surface area contributed by atoms with Crippen LogP contribution in [-0.4, -0.2) is 29.7 Å². The van der Waals surface area contributed by atoms with Crippen molar-refractivity contribution in [3.8, 4) is 11.1 Å². The van der Waals surface area contributed by atoms with Crippen LogP contribution in [0.3, 0.4) is 0 Å². The van der Waals surface area contributed by atoms with Gasteiger partial charge in [0.2, 0.25) is 0 Å². The number of carbonyl (C=O) groups excluding carboxylic acids is 2. The van der Waals surface area contributed by atoms with Gasteiger partial charge in [0, 0.05) is 24.3 Å². The number of hydrogen-bond donors (Lipinski definition) is 4. The molecule has 0 saturated heterocycles. The van der Waals surface area contributed by atoms with Crippen molar-refractivity contribution in [2.75, 3.05) is 11.9 Å². The van der Waals surface area contributed by atoms with E-state index in [9.17, 15) is 14.4 Å². The van der Waals surface area contributed by atoms with Crippen molar-refractivity contribution < 1.29 is 24.2 Å². The molecule has 8 heteroatoms. The summed E-state index contributed by atoms with van der Waals surface area (Å²) in [5, 5.41) is 16.3. The van der Waals surface area contributed by atoms with E-state index in [1.807, 2.05) is 73.7 Å². The lowest BCUT2D eigenvalue weighted by Gasteiger charge is -2.07. The zero-order valence-corrected chi connectivity index (χ0v) is 18.1. The third-order valence-electron chi connectivity index (χ3n) is 4.74. The molecule has 170 valence electrons. The Morgan fingerprint density at radius 1 is 0.970 bits per heavy atom. The molecule has 4 N–H and O–H groups in total. The normalized spacial score (nSPS) is 11.6. The van der Waals surface area contributed by atoms with Crippen LogP contribution in [0.4, 0.5) is 15.3 Å². The molecule has 0 atom stereocenters. The Bertz CT molecular complexity index is 1130. The first-order valence-corrected chi connectivity index (χ1v) is 10.4. The standard InChI is InChI=1S/C17H18N2O3.C8H7NO2/c1-2-18-16(20)15-5-3-4-14(10-15)13-8-6-12(7-9-13)11-19-17(21)22;10-8-9-7-3-1-2-6(4-7)5-11-8/h3-10,19H,2,11H2,1H3,(H,18,20)(H,21,22);1-4H,5H2,(H,9,10). The number of anilines is 1. The Morgan fingerprint density at radius 3 is 2.45 bits per heavy atom. The molecule has 1 aliphatic heterocycles. The van der Waals surface area contributed by atoms with Crippen molar-refractivity contribution in [1.82, 2.24) is 10.6 Å². The predicted molar refractivity (Wildman–Crippen MR) is 125 cm³/mol. The molecule has 2 bridgehead atoms. The number of benzene rings is 3. The Morgan fingerprint density at radius 2 is 1.73 bits per heavy atom. The first kappa shape index (κ1) is 23.3. The van der Waals surface area contributed by atoms with Crippen molar-refractivity contribution in [1.29, 1.82) is 0 Å². The van der Waals surface area contributed by atoms with E-state index in [0.717, 1.165) is 27.9 Å². The second kappa shape index (κ2) is 11.3. The molecular formula is C25H25N3O5. The van der Waals surface area contributed by atoms with Crippen LogP contribution in [-0.2, 0) is 17.9 Å². The number of ether oxygens (including phenoxy) is 1. The number of amides is 3. The minimum absolute atomic E-state index is 0.0911. The summed E-state index contributed by atoms with van der Waals surface area (Å²) in [4.78, 5) is 33.1. The number of carbonyl (C=O) groups is 3. The second-order valence-electron chi connectivity index (χ2n) is 7.20. The molecule has 3 aromatic carbocycles. The average Bonchev–Trinajstić information content (AvgIpc) is 2.95. The maximum atomic E-state index is 11.9. The van der Waals surface area contributed by atoms with Gasteiger partial charge in [0.05, 0.1) is 0 Å². The monoisotopic (exact) mass is 447 g/mol. The number of nitrogens with one attached hydrogen (secondary N) is 3. The third kappa shape index (κ3) is 7.10. The average molecular weight is 447 g/mol. The molecule has 0 fully saturated rings. The molecule has 1 aliphatic rings. The Labute approximate surface area is 191 Å². The quantitative estimate of drug-likeness (QED) is 0.455. The van der Waals surface area contributed by atoms with E-state index in [4.69, 9.17) is 9.84 Å². The predicted octanol–water partition coefficient (Wildman–Crippen LogP) is 4.62. The van der Waals surface area contributed by atoms with E-state index < -0.39 is 6.09 Å². The second-order valence-corrected chi connectivity index (χ2v) is 7.20. The molecule has 0 unspecified atom stereocenters. The van der Waals surface area contributed by atoms with Gasteiger partial charge >= 0.3 is 12.2 Å². The van der Waals surface area contributed by atoms with Crippen LogP contribution in [0.25, 0.3) is 11.1 Å². The summed E-state index contributed by atoms with van der Waals surface area (Å²) >= 11 is 0. The van der Waals surface area contributed by atoms with Crippen molar-refractivity contribution >= 4 is 23.8 Å². The maximum Gasteiger partial charge on any atom is 0.411 e. The lowest BCUT2D eigenvalue weighted by molar-refractivity contribution is 0.0955. The van der Waals surface area contributed by atoms with Crippen molar-refractivity contribution in [2.45, 2.75) is 20.1 Å². The summed E-state index contributed by atoms with van der Waals surface area (Å²) in [7, 11) is 0. The molecule has 33 heavy (non-hydrogen) atoms. The van der Waals surface area contributed by atoms with Crippen molar-refractivity contribution in [2.24, 2.45) is 0 Å². The Kier molecular flexibility index (Phi) is 8.02. The van der Waals surface area contributed by atoms with Crippen LogP contribution in [0, 0.1) is 0 Å². The van der Waals surface area contributed by atoms with Gasteiger partial charge in [-0.15, -0.1) is 0 Å². The summed E-state index contributed by atoms with van der Waals surface area (Å²) in [6.07, 6.45) is -1.43. The summed E-state index contributed by atoms with van der Waals surface area (Å²) in [5.41, 5.74) is 5.24. The van der Waals surface area contributed by atoms with E-state index >= 15 is 0 Å². The van der Waals surface area contributed by atoms with Crippen LogP contribution in [0.2, 0.25) is 0 Å². The number of fused-ring (bicyclic) bond motifs is 2. The van der Waals surface area contributed by atoms with Crippen LogP contribution in [0.1, 0.15) is 28.4 Å². The number of cyclic esters (lactones) is 1. The molecule has 0 aliphatic carbocycles. The molecule has 0 radical (unpaired) electrons. The molecule has 0 spiro atoms. The van der Waals surface area contributed by atoms with Crippen LogP contribution in [0.15, 0.2) is 72.8 Å². The topological polar surface area (TPSA) is 117 Å². The van der Waals surface area contributed by atoms with Crippen LogP contribution >= 0.6 is 0 Å². The molecule has 4 rings (SSSR count). The summed E-state index contributed by atoms with van der Waals surface area (Å²) < 4.78 is 4.81. The largest absolute Gasteiger partial charge is 0.465 e. The molecule has 1 heterocycles. The van der Waals surface area contributed by atoms with Gasteiger partial charge in [0.25, 0.3) is 5.91 Å². The highest BCUT2D eigenvalue weighted by Gasteiger charge is 2.09. The van der Waals surface area contributed by atoms with Gasteiger partial charge in [-0.2, -0.15) is 0 Å². The fourth-order valence-corrected chi connectivity index (χ4v) is 3.14. The first-order chi connectivity index (χ1) is 15.9. The van der Waals surface area contributed by atoms with Crippen LogP contribution in [0.5, 0.6) is 0 Å². The molecule has 8 nitrogen and oxygen atoms in total. The minimum Gasteiger partial charge on any atom is -0.465 e. The van der Waals surface area contributed by atoms with Gasteiger partial charge in [0.15, 0.2) is 0 Å². The molecule has 3 amide bonds. The van der Waals surface area contributed by atoms with E-state index in [1.165, 1.54) is 0 Å². The van der Waals surface area contributed by atoms with Gasteiger partial charge in [-0.25, -0.2) is 9.59 Å². The molecule has 3 aromatic rings. The van der Waals surface area contributed by atoms with E-state index in [-0.39, 0.29) is 18.5 Å². The number of rotatable bonds is 5. The van der Waals surface area contributed by atoms with E-state index in [2.05, 4.69) is 16.0 Å². The summed E-state index contributed by atoms with van der Waals surface area (Å²) in [6.45, 7) is 3.11. The highest BCUT2D eigenvalue weighted by atomic mass is 16.5. The minimum atomic E-state index is -1.04. The fourth-order valence-electron chi connectivity index (χ4n) is 3.14. The van der Waals surface area contributed by atoms with Gasteiger partial charge in [-0.05, 0) is 53.4 Å². The summed E-state index contributed by atoms with van der Waals surface area (Å²) in [5.74, 6) is -0.0911. The number of carboxylic acid groups (broad SMARTS) is 1. The highest BCUT2D eigenvalue weighted by molar-refractivity contribution is 5.95. The van der Waals surface area contributed by atoms with Gasteiger partial charge in [0.1, 0.15) is 6.61 Å². The highest BCUT2D eigenvalue weighted by Crippen LogP contribution is 2.21. The molecular weight excluding hydrogens is 422 g/mol. The Hall–Kier alpha value is -4.33. The zero-order valence-electron chi connectivity index (χ0n) is 18.1. The maximum absolute atomic E-state index is 11.9. The van der Waals surface area contributed by atoms with Crippen molar-refractivity contribution in [3.63, 3.8) is 0 Å².